The lowest BCUT2D eigenvalue weighted by Crippen LogP contribution is -2.12. The van der Waals surface area contributed by atoms with Gasteiger partial charge >= 0.3 is 0 Å². The fraction of sp³-hybridized carbons (Fsp3) is 0.167. The van der Waals surface area contributed by atoms with Crippen LogP contribution in [-0.2, 0) is 13.1 Å². The smallest absolute Gasteiger partial charge is 0.117 e. The Morgan fingerprint density at radius 1 is 1.18 bits per heavy atom. The van der Waals surface area contributed by atoms with Crippen molar-refractivity contribution in [1.29, 1.82) is 0 Å². The first-order valence-corrected chi connectivity index (χ1v) is 5.89. The maximum Gasteiger partial charge on any atom is 0.117 e. The van der Waals surface area contributed by atoms with Crippen LogP contribution in [0.5, 0.6) is 0 Å². The molecule has 5 heteroatoms. The third-order valence-corrected chi connectivity index (χ3v) is 2.97. The average molecular weight is 271 g/mol. The minimum atomic E-state index is 0.420. The van der Waals surface area contributed by atoms with E-state index in [-0.39, 0.29) is 0 Å². The molecule has 1 heterocycles. The van der Waals surface area contributed by atoms with Crippen molar-refractivity contribution in [3.05, 3.63) is 51.9 Å². The van der Waals surface area contributed by atoms with E-state index in [0.717, 1.165) is 11.3 Å². The van der Waals surface area contributed by atoms with Crippen LogP contribution < -0.4 is 11.1 Å². The van der Waals surface area contributed by atoms with Gasteiger partial charge in [-0.15, -0.1) is 0 Å². The maximum absolute atomic E-state index is 5.94. The first kappa shape index (κ1) is 12.3. The Morgan fingerprint density at radius 2 is 1.88 bits per heavy atom. The minimum absolute atomic E-state index is 0.420. The monoisotopic (exact) mass is 270 g/mol. The summed E-state index contributed by atoms with van der Waals surface area (Å²) in [5.41, 5.74) is 7.06. The predicted octanol–water partition coefficient (Wildman–Crippen LogP) is 3.46. The molecule has 0 aliphatic heterocycles. The summed E-state index contributed by atoms with van der Waals surface area (Å²) in [6, 6.07) is 7.37. The molecule has 1 aromatic carbocycles. The van der Waals surface area contributed by atoms with E-state index in [1.54, 1.807) is 18.4 Å². The van der Waals surface area contributed by atoms with Crippen LogP contribution >= 0.6 is 23.2 Å². The molecule has 0 saturated carbocycles. The maximum atomic E-state index is 5.94. The molecule has 0 saturated heterocycles. The van der Waals surface area contributed by atoms with E-state index in [0.29, 0.717) is 28.8 Å². The molecule has 90 valence electrons. The van der Waals surface area contributed by atoms with Crippen LogP contribution in [0.1, 0.15) is 11.3 Å². The highest BCUT2D eigenvalue weighted by Gasteiger charge is 2.04. The van der Waals surface area contributed by atoms with Gasteiger partial charge in [0.25, 0.3) is 0 Å². The second kappa shape index (κ2) is 5.45. The van der Waals surface area contributed by atoms with Crippen molar-refractivity contribution in [2.24, 2.45) is 0 Å². The Kier molecular flexibility index (Phi) is 3.94. The fourth-order valence-electron chi connectivity index (χ4n) is 1.48. The lowest BCUT2D eigenvalue weighted by atomic mass is 10.2. The van der Waals surface area contributed by atoms with Crippen molar-refractivity contribution in [3.8, 4) is 0 Å². The summed E-state index contributed by atoms with van der Waals surface area (Å²) >= 11 is 11.9. The average Bonchev–Trinajstić information content (AvgIpc) is 2.79. The van der Waals surface area contributed by atoms with Gasteiger partial charge in [0, 0.05) is 6.54 Å². The van der Waals surface area contributed by atoms with Gasteiger partial charge in [0.2, 0.25) is 0 Å². The number of nitrogens with two attached hydrogens (primary N) is 1. The van der Waals surface area contributed by atoms with Crippen molar-refractivity contribution in [2.45, 2.75) is 13.1 Å². The van der Waals surface area contributed by atoms with Crippen molar-refractivity contribution in [2.75, 3.05) is 5.73 Å². The van der Waals surface area contributed by atoms with E-state index in [4.69, 9.17) is 33.4 Å². The minimum Gasteiger partial charge on any atom is -0.468 e. The highest BCUT2D eigenvalue weighted by Crippen LogP contribution is 2.28. The summed E-state index contributed by atoms with van der Waals surface area (Å²) in [7, 11) is 0. The standard InChI is InChI=1S/C12H12Cl2N2O/c13-10-4-8(5-11(14)12(10)15)6-16-7-9-2-1-3-17-9/h1-5,16H,6-7,15H2. The van der Waals surface area contributed by atoms with Gasteiger partial charge in [-0.25, -0.2) is 0 Å². The van der Waals surface area contributed by atoms with Crippen LogP contribution in [0.25, 0.3) is 0 Å². The van der Waals surface area contributed by atoms with Crippen LogP contribution in [0, 0.1) is 0 Å². The van der Waals surface area contributed by atoms with Crippen molar-refractivity contribution in [3.63, 3.8) is 0 Å². The molecule has 0 bridgehead atoms. The highest BCUT2D eigenvalue weighted by atomic mass is 35.5. The molecular weight excluding hydrogens is 259 g/mol. The number of benzene rings is 1. The van der Waals surface area contributed by atoms with Crippen molar-refractivity contribution < 1.29 is 4.42 Å². The molecule has 0 radical (unpaired) electrons. The molecular formula is C12H12Cl2N2O. The first-order chi connectivity index (χ1) is 8.16. The number of anilines is 1. The predicted molar refractivity (Wildman–Crippen MR) is 70.1 cm³/mol. The highest BCUT2D eigenvalue weighted by molar-refractivity contribution is 6.38. The molecule has 1 aromatic heterocycles. The Balaban J connectivity index is 1.95. The topological polar surface area (TPSA) is 51.2 Å². The molecule has 0 amide bonds. The van der Waals surface area contributed by atoms with Gasteiger partial charge in [-0.2, -0.15) is 0 Å². The molecule has 0 fully saturated rings. The van der Waals surface area contributed by atoms with E-state index in [2.05, 4.69) is 5.32 Å². The molecule has 3 nitrogen and oxygen atoms in total. The van der Waals surface area contributed by atoms with E-state index in [1.165, 1.54) is 0 Å². The molecule has 0 aliphatic rings. The number of nitrogens with one attached hydrogen (secondary N) is 1. The van der Waals surface area contributed by atoms with Gasteiger partial charge in [0.15, 0.2) is 0 Å². The number of halogens is 2. The zero-order valence-corrected chi connectivity index (χ0v) is 10.6. The van der Waals surface area contributed by atoms with E-state index < -0.39 is 0 Å². The molecule has 17 heavy (non-hydrogen) atoms. The SMILES string of the molecule is Nc1c(Cl)cc(CNCc2ccco2)cc1Cl. The Bertz CT molecular complexity index is 474. The summed E-state index contributed by atoms with van der Waals surface area (Å²) in [5, 5.41) is 4.18. The Hall–Kier alpha value is -1.16. The second-order valence-electron chi connectivity index (χ2n) is 3.66. The first-order valence-electron chi connectivity index (χ1n) is 5.13. The Morgan fingerprint density at radius 3 is 2.47 bits per heavy atom. The largest absolute Gasteiger partial charge is 0.468 e. The van der Waals surface area contributed by atoms with E-state index in [9.17, 15) is 0 Å². The normalized spacial score (nSPS) is 10.7. The molecule has 3 N–H and O–H groups in total. The number of hydrogen-bond donors (Lipinski definition) is 2. The summed E-state index contributed by atoms with van der Waals surface area (Å²) in [6.45, 7) is 1.31. The van der Waals surface area contributed by atoms with Crippen LogP contribution in [0.3, 0.4) is 0 Å². The third-order valence-electron chi connectivity index (χ3n) is 2.35. The van der Waals surface area contributed by atoms with Gasteiger partial charge in [0.1, 0.15) is 5.76 Å². The molecule has 0 atom stereocenters. The van der Waals surface area contributed by atoms with Crippen LogP contribution in [-0.4, -0.2) is 0 Å². The zero-order chi connectivity index (χ0) is 12.3. The zero-order valence-electron chi connectivity index (χ0n) is 9.04. The van der Waals surface area contributed by atoms with Gasteiger partial charge in [0.05, 0.1) is 28.5 Å². The molecule has 0 spiro atoms. The second-order valence-corrected chi connectivity index (χ2v) is 4.47. The lowest BCUT2D eigenvalue weighted by Gasteiger charge is -2.07. The fourth-order valence-corrected chi connectivity index (χ4v) is 2.01. The van der Waals surface area contributed by atoms with Gasteiger partial charge in [-0.05, 0) is 29.8 Å². The van der Waals surface area contributed by atoms with Crippen LogP contribution in [0.2, 0.25) is 10.0 Å². The van der Waals surface area contributed by atoms with Gasteiger partial charge in [-0.3, -0.25) is 0 Å². The van der Waals surface area contributed by atoms with Gasteiger partial charge < -0.3 is 15.5 Å². The molecule has 2 aromatic rings. The third kappa shape index (κ3) is 3.16. The number of hydrogen-bond acceptors (Lipinski definition) is 3. The molecule has 0 unspecified atom stereocenters. The Labute approximate surface area is 110 Å². The van der Waals surface area contributed by atoms with E-state index in [1.807, 2.05) is 12.1 Å². The quantitative estimate of drug-likeness (QED) is 0.837. The lowest BCUT2D eigenvalue weighted by molar-refractivity contribution is 0.483. The van der Waals surface area contributed by atoms with Crippen molar-refractivity contribution >= 4 is 28.9 Å². The number of nitrogen functional groups attached to an aromatic ring is 1. The summed E-state index contributed by atoms with van der Waals surface area (Å²) < 4.78 is 5.20. The summed E-state index contributed by atoms with van der Waals surface area (Å²) in [4.78, 5) is 0. The van der Waals surface area contributed by atoms with Crippen molar-refractivity contribution in [1.82, 2.24) is 5.32 Å². The number of furan rings is 1. The summed E-state index contributed by atoms with van der Waals surface area (Å²) in [6.07, 6.45) is 1.65. The van der Waals surface area contributed by atoms with Crippen LogP contribution in [0.4, 0.5) is 5.69 Å². The van der Waals surface area contributed by atoms with E-state index >= 15 is 0 Å². The van der Waals surface area contributed by atoms with Crippen LogP contribution in [0.15, 0.2) is 34.9 Å². The molecule has 2 rings (SSSR count). The van der Waals surface area contributed by atoms with Gasteiger partial charge in [-0.1, -0.05) is 23.2 Å². The summed E-state index contributed by atoms with van der Waals surface area (Å²) in [5.74, 6) is 0.887. The molecule has 0 aliphatic carbocycles. The number of rotatable bonds is 4.